The highest BCUT2D eigenvalue weighted by Gasteiger charge is 2.32. The van der Waals surface area contributed by atoms with Gasteiger partial charge in [0.05, 0.1) is 0 Å². The Morgan fingerprint density at radius 3 is 2.52 bits per heavy atom. The zero-order chi connectivity index (χ0) is 22.5. The third kappa shape index (κ3) is 6.42. The van der Waals surface area contributed by atoms with Gasteiger partial charge in [-0.1, -0.05) is 23.7 Å². The van der Waals surface area contributed by atoms with Gasteiger partial charge in [0.1, 0.15) is 11.6 Å². The highest BCUT2D eigenvalue weighted by Crippen LogP contribution is 2.25. The van der Waals surface area contributed by atoms with Gasteiger partial charge in [0.2, 0.25) is 0 Å². The average Bonchev–Trinajstić information content (AvgIpc) is 2.71. The average molecular weight is 448 g/mol. The summed E-state index contributed by atoms with van der Waals surface area (Å²) in [5, 5.41) is 0.648. The molecule has 2 aromatic carbocycles. The minimum atomic E-state index is -0.227. The molecule has 0 aliphatic carbocycles. The van der Waals surface area contributed by atoms with Crippen LogP contribution in [0.4, 0.5) is 4.39 Å². The Morgan fingerprint density at radius 2 is 1.84 bits per heavy atom. The number of hydrogen-bond acceptors (Lipinski definition) is 4. The second-order valence-corrected chi connectivity index (χ2v) is 9.01. The summed E-state index contributed by atoms with van der Waals surface area (Å²) in [4.78, 5) is 19.2. The van der Waals surface area contributed by atoms with Crippen molar-refractivity contribution in [1.82, 2.24) is 14.7 Å². The van der Waals surface area contributed by atoms with Gasteiger partial charge < -0.3 is 14.5 Å². The van der Waals surface area contributed by atoms with Crippen molar-refractivity contribution in [3.8, 4) is 5.75 Å². The van der Waals surface area contributed by atoms with Gasteiger partial charge in [0, 0.05) is 48.8 Å². The largest absolute Gasteiger partial charge is 0.483 e. The molecule has 5 nitrogen and oxygen atoms in total. The Bertz CT molecular complexity index is 891. The number of amides is 1. The van der Waals surface area contributed by atoms with Crippen LogP contribution in [0.25, 0.3) is 0 Å². The first-order chi connectivity index (χ1) is 14.7. The van der Waals surface area contributed by atoms with Crippen LogP contribution in [0, 0.1) is 5.82 Å². The lowest BCUT2D eigenvalue weighted by molar-refractivity contribution is -0.139. The van der Waals surface area contributed by atoms with E-state index in [0.717, 1.165) is 24.2 Å². The fourth-order valence-electron chi connectivity index (χ4n) is 3.97. The first kappa shape index (κ1) is 23.5. The molecule has 2 atom stereocenters. The van der Waals surface area contributed by atoms with E-state index >= 15 is 0 Å². The fraction of sp³-hybridized carbons (Fsp3) is 0.458. The third-order valence-corrected chi connectivity index (χ3v) is 5.83. The summed E-state index contributed by atoms with van der Waals surface area (Å²) in [6, 6.07) is 12.3. The van der Waals surface area contributed by atoms with Crippen LogP contribution in [-0.2, 0) is 17.9 Å². The van der Waals surface area contributed by atoms with Crippen LogP contribution in [0.2, 0.25) is 5.02 Å². The Morgan fingerprint density at radius 1 is 1.13 bits per heavy atom. The van der Waals surface area contributed by atoms with E-state index in [1.807, 2.05) is 48.2 Å². The smallest absolute Gasteiger partial charge is 0.260 e. The second kappa shape index (κ2) is 10.4. The van der Waals surface area contributed by atoms with Crippen LogP contribution in [0.5, 0.6) is 5.75 Å². The van der Waals surface area contributed by atoms with Crippen molar-refractivity contribution in [2.75, 3.05) is 33.8 Å². The van der Waals surface area contributed by atoms with Gasteiger partial charge in [-0.25, -0.2) is 4.39 Å². The van der Waals surface area contributed by atoms with Gasteiger partial charge in [-0.15, -0.1) is 0 Å². The number of benzene rings is 2. The normalized spacial score (nSPS) is 19.6. The molecular weight excluding hydrogens is 417 g/mol. The van der Waals surface area contributed by atoms with Crippen molar-refractivity contribution in [2.24, 2.45) is 0 Å². The van der Waals surface area contributed by atoms with Gasteiger partial charge in [-0.3, -0.25) is 9.69 Å². The van der Waals surface area contributed by atoms with Crippen molar-refractivity contribution >= 4 is 17.5 Å². The van der Waals surface area contributed by atoms with Crippen LogP contribution in [0.3, 0.4) is 0 Å². The second-order valence-electron chi connectivity index (χ2n) is 8.58. The minimum absolute atomic E-state index is 0.00289. The third-order valence-electron chi connectivity index (χ3n) is 5.59. The number of carbonyl (C=O) groups is 1. The molecule has 2 aromatic rings. The molecule has 1 saturated heterocycles. The van der Waals surface area contributed by atoms with E-state index in [1.165, 1.54) is 12.1 Å². The van der Waals surface area contributed by atoms with Crippen molar-refractivity contribution in [3.63, 3.8) is 0 Å². The van der Waals surface area contributed by atoms with Crippen LogP contribution in [0.1, 0.15) is 25.0 Å². The molecule has 1 fully saturated rings. The van der Waals surface area contributed by atoms with E-state index in [9.17, 15) is 9.18 Å². The van der Waals surface area contributed by atoms with Crippen LogP contribution in [-0.4, -0.2) is 66.5 Å². The lowest BCUT2D eigenvalue weighted by atomic mass is 10.1. The van der Waals surface area contributed by atoms with Crippen LogP contribution >= 0.6 is 11.6 Å². The number of piperazine rings is 1. The Kier molecular flexibility index (Phi) is 7.92. The summed E-state index contributed by atoms with van der Waals surface area (Å²) in [7, 11) is 3.95. The molecule has 0 radical (unpaired) electrons. The molecule has 1 heterocycles. The zero-order valence-corrected chi connectivity index (χ0v) is 19.4. The molecule has 168 valence electrons. The molecule has 0 saturated carbocycles. The molecule has 1 amide bonds. The van der Waals surface area contributed by atoms with E-state index in [-0.39, 0.29) is 30.4 Å². The lowest BCUT2D eigenvalue weighted by Crippen LogP contribution is -2.58. The molecule has 1 aliphatic rings. The van der Waals surface area contributed by atoms with E-state index in [1.54, 1.807) is 6.07 Å². The summed E-state index contributed by atoms with van der Waals surface area (Å²) in [5.41, 5.74) is 2.02. The Balaban J connectivity index is 1.59. The van der Waals surface area contributed by atoms with Gasteiger partial charge in [0.25, 0.3) is 5.91 Å². The van der Waals surface area contributed by atoms with Crippen LogP contribution in [0.15, 0.2) is 42.5 Å². The van der Waals surface area contributed by atoms with E-state index in [2.05, 4.69) is 18.7 Å². The molecule has 0 spiro atoms. The monoisotopic (exact) mass is 447 g/mol. The van der Waals surface area contributed by atoms with Crippen LogP contribution < -0.4 is 4.74 Å². The quantitative estimate of drug-likeness (QED) is 0.641. The zero-order valence-electron chi connectivity index (χ0n) is 18.6. The molecule has 3 rings (SSSR count). The number of hydrogen-bond donors (Lipinski definition) is 0. The first-order valence-corrected chi connectivity index (χ1v) is 10.9. The maximum Gasteiger partial charge on any atom is 0.260 e. The summed E-state index contributed by atoms with van der Waals surface area (Å²) in [6.45, 7) is 6.98. The summed E-state index contributed by atoms with van der Waals surface area (Å²) in [5.74, 6) is 0.434. The molecular formula is C24H31ClFN3O2. The summed E-state index contributed by atoms with van der Waals surface area (Å²) in [6.07, 6.45) is 0. The predicted octanol–water partition coefficient (Wildman–Crippen LogP) is 4.04. The van der Waals surface area contributed by atoms with Crippen molar-refractivity contribution < 1.29 is 13.9 Å². The number of rotatable bonds is 7. The SMILES string of the molecule is CC1CN(C(=O)COc2ccc(Cl)cc2CN(C)C)C(C)CN1Cc1ccc(F)cc1. The Hall–Kier alpha value is -2.15. The lowest BCUT2D eigenvalue weighted by Gasteiger charge is -2.44. The number of carbonyl (C=O) groups excluding carboxylic acids is 1. The standard InChI is InChI=1S/C24H31ClFN3O2/c1-17-13-29(18(2)12-28(17)14-19-5-8-22(26)9-6-19)24(30)16-31-23-10-7-21(25)11-20(23)15-27(3)4/h5-11,17-18H,12-16H2,1-4H3. The predicted molar refractivity (Wildman–Crippen MR) is 122 cm³/mol. The fourth-order valence-corrected chi connectivity index (χ4v) is 4.16. The summed E-state index contributed by atoms with van der Waals surface area (Å²) >= 11 is 6.13. The molecule has 31 heavy (non-hydrogen) atoms. The van der Waals surface area contributed by atoms with Gasteiger partial charge in [0.15, 0.2) is 6.61 Å². The highest BCUT2D eigenvalue weighted by atomic mass is 35.5. The maximum atomic E-state index is 13.2. The van der Waals surface area contributed by atoms with Gasteiger partial charge >= 0.3 is 0 Å². The maximum absolute atomic E-state index is 13.2. The molecule has 2 unspecified atom stereocenters. The van der Waals surface area contributed by atoms with E-state index in [4.69, 9.17) is 16.3 Å². The number of ether oxygens (including phenoxy) is 1. The molecule has 0 aromatic heterocycles. The molecule has 1 aliphatic heterocycles. The number of halogens is 2. The van der Waals surface area contributed by atoms with Crippen molar-refractivity contribution in [2.45, 2.75) is 39.0 Å². The van der Waals surface area contributed by atoms with E-state index in [0.29, 0.717) is 23.9 Å². The summed E-state index contributed by atoms with van der Waals surface area (Å²) < 4.78 is 19.1. The Labute approximate surface area is 189 Å². The number of nitrogens with zero attached hydrogens (tertiary/aromatic N) is 3. The van der Waals surface area contributed by atoms with Gasteiger partial charge in [-0.2, -0.15) is 0 Å². The first-order valence-electron chi connectivity index (χ1n) is 10.6. The minimum Gasteiger partial charge on any atom is -0.483 e. The highest BCUT2D eigenvalue weighted by molar-refractivity contribution is 6.30. The van der Waals surface area contributed by atoms with E-state index < -0.39 is 0 Å². The van der Waals surface area contributed by atoms with Gasteiger partial charge in [-0.05, 0) is 63.8 Å². The molecule has 0 N–H and O–H groups in total. The van der Waals surface area contributed by atoms with Crippen molar-refractivity contribution in [3.05, 3.63) is 64.4 Å². The topological polar surface area (TPSA) is 36.0 Å². The molecule has 7 heteroatoms. The van der Waals surface area contributed by atoms with Crippen molar-refractivity contribution in [1.29, 1.82) is 0 Å². The molecule has 0 bridgehead atoms.